The lowest BCUT2D eigenvalue weighted by Crippen LogP contribution is -2.30. The lowest BCUT2D eigenvalue weighted by Gasteiger charge is -2.21. The Bertz CT molecular complexity index is 470. The highest BCUT2D eigenvalue weighted by Crippen LogP contribution is 2.35. The Labute approximate surface area is 103 Å². The lowest BCUT2D eigenvalue weighted by atomic mass is 10.1. The van der Waals surface area contributed by atoms with Crippen LogP contribution in [0.15, 0.2) is 18.2 Å². The van der Waals surface area contributed by atoms with E-state index in [0.29, 0.717) is 0 Å². The van der Waals surface area contributed by atoms with Gasteiger partial charge in [0.2, 0.25) is 0 Å². The molecule has 18 heavy (non-hydrogen) atoms. The molecule has 1 aromatic rings. The summed E-state index contributed by atoms with van der Waals surface area (Å²) in [7, 11) is 0. The zero-order chi connectivity index (χ0) is 14.0. The third-order valence-electron chi connectivity index (χ3n) is 2.17. The third-order valence-corrected chi connectivity index (χ3v) is 2.17. The van der Waals surface area contributed by atoms with E-state index in [1.54, 1.807) is 6.07 Å². The first kappa shape index (κ1) is 14.3. The van der Waals surface area contributed by atoms with Crippen molar-refractivity contribution >= 4 is 5.69 Å². The summed E-state index contributed by atoms with van der Waals surface area (Å²) in [4.78, 5) is 0. The molecule has 0 spiro atoms. The molecule has 0 aliphatic heterocycles. The van der Waals surface area contributed by atoms with Crippen LogP contribution in [-0.4, -0.2) is 17.3 Å². The van der Waals surface area contributed by atoms with Crippen LogP contribution in [-0.2, 0) is 6.18 Å². The summed E-state index contributed by atoms with van der Waals surface area (Å²) in [6.07, 6.45) is -4.50. The second kappa shape index (κ2) is 4.86. The van der Waals surface area contributed by atoms with Gasteiger partial charge in [0.25, 0.3) is 0 Å². The Morgan fingerprint density at radius 2 is 1.94 bits per heavy atom. The minimum atomic E-state index is -4.50. The van der Waals surface area contributed by atoms with Crippen LogP contribution >= 0.6 is 0 Å². The van der Waals surface area contributed by atoms with Gasteiger partial charge >= 0.3 is 6.18 Å². The first-order chi connectivity index (χ1) is 8.13. The first-order valence-corrected chi connectivity index (χ1v) is 5.21. The topological polar surface area (TPSA) is 56.0 Å². The first-order valence-electron chi connectivity index (χ1n) is 5.21. The minimum absolute atomic E-state index is 0.0506. The van der Waals surface area contributed by atoms with Gasteiger partial charge in [-0.2, -0.15) is 18.4 Å². The summed E-state index contributed by atoms with van der Waals surface area (Å²) in [5.74, 6) is 0. The molecular formula is C12H13F3N2O. The van der Waals surface area contributed by atoms with E-state index < -0.39 is 17.3 Å². The van der Waals surface area contributed by atoms with Gasteiger partial charge in [0.05, 0.1) is 22.8 Å². The van der Waals surface area contributed by atoms with Crippen molar-refractivity contribution in [1.29, 1.82) is 5.26 Å². The van der Waals surface area contributed by atoms with Crippen molar-refractivity contribution in [2.75, 3.05) is 11.9 Å². The molecule has 0 aliphatic rings. The molecular weight excluding hydrogens is 245 g/mol. The normalized spacial score (nSPS) is 12.1. The summed E-state index contributed by atoms with van der Waals surface area (Å²) in [5, 5.41) is 20.7. The molecule has 0 saturated carbocycles. The predicted octanol–water partition coefficient (Wildman–Crippen LogP) is 2.76. The van der Waals surface area contributed by atoms with E-state index in [9.17, 15) is 18.3 Å². The Kier molecular flexibility index (Phi) is 3.87. The van der Waals surface area contributed by atoms with Crippen molar-refractivity contribution in [2.45, 2.75) is 25.6 Å². The Balaban J connectivity index is 3.10. The number of nitriles is 1. The zero-order valence-electron chi connectivity index (χ0n) is 9.97. The number of nitrogens with one attached hydrogen (secondary N) is 1. The molecule has 3 nitrogen and oxygen atoms in total. The second-order valence-corrected chi connectivity index (χ2v) is 4.54. The fourth-order valence-electron chi connectivity index (χ4n) is 1.32. The van der Waals surface area contributed by atoms with Crippen LogP contribution in [0, 0.1) is 11.3 Å². The van der Waals surface area contributed by atoms with Crippen LogP contribution in [0.2, 0.25) is 0 Å². The number of hydrogen-bond acceptors (Lipinski definition) is 3. The monoisotopic (exact) mass is 258 g/mol. The van der Waals surface area contributed by atoms with E-state index in [-0.39, 0.29) is 17.8 Å². The fourth-order valence-corrected chi connectivity index (χ4v) is 1.32. The average Bonchev–Trinajstić information content (AvgIpc) is 2.23. The van der Waals surface area contributed by atoms with Crippen molar-refractivity contribution in [2.24, 2.45) is 0 Å². The molecule has 0 aliphatic carbocycles. The van der Waals surface area contributed by atoms with Crippen LogP contribution in [0.3, 0.4) is 0 Å². The van der Waals surface area contributed by atoms with Gasteiger partial charge in [-0.15, -0.1) is 0 Å². The van der Waals surface area contributed by atoms with E-state index in [1.807, 2.05) is 0 Å². The summed E-state index contributed by atoms with van der Waals surface area (Å²) >= 11 is 0. The number of benzene rings is 1. The maximum atomic E-state index is 12.7. The summed E-state index contributed by atoms with van der Waals surface area (Å²) in [5.41, 5.74) is -2.08. The molecule has 98 valence electrons. The maximum Gasteiger partial charge on any atom is 0.418 e. The molecule has 6 heteroatoms. The number of aliphatic hydroxyl groups is 1. The minimum Gasteiger partial charge on any atom is -0.389 e. The SMILES string of the molecule is CC(C)(O)CNc1cc(C#N)ccc1C(F)(F)F. The van der Waals surface area contributed by atoms with Crippen molar-refractivity contribution < 1.29 is 18.3 Å². The molecule has 0 atom stereocenters. The van der Waals surface area contributed by atoms with Gasteiger partial charge < -0.3 is 10.4 Å². The van der Waals surface area contributed by atoms with Gasteiger partial charge in [0, 0.05) is 12.2 Å². The largest absolute Gasteiger partial charge is 0.418 e. The molecule has 0 fully saturated rings. The Morgan fingerprint density at radius 3 is 2.39 bits per heavy atom. The molecule has 1 aromatic carbocycles. The van der Waals surface area contributed by atoms with Gasteiger partial charge in [0.15, 0.2) is 0 Å². The highest BCUT2D eigenvalue weighted by Gasteiger charge is 2.33. The highest BCUT2D eigenvalue weighted by atomic mass is 19.4. The number of hydrogen-bond donors (Lipinski definition) is 2. The standard InChI is InChI=1S/C12H13F3N2O/c1-11(2,18)7-17-10-5-8(6-16)3-4-9(10)12(13,14)15/h3-5,17-18H,7H2,1-2H3. The van der Waals surface area contributed by atoms with Gasteiger partial charge in [-0.1, -0.05) is 0 Å². The Morgan fingerprint density at radius 1 is 1.33 bits per heavy atom. The average molecular weight is 258 g/mol. The van der Waals surface area contributed by atoms with E-state index in [0.717, 1.165) is 18.2 Å². The Hall–Kier alpha value is -1.74. The molecule has 0 aromatic heterocycles. The van der Waals surface area contributed by atoms with Crippen molar-refractivity contribution in [3.63, 3.8) is 0 Å². The van der Waals surface area contributed by atoms with Gasteiger partial charge in [-0.05, 0) is 32.0 Å². The number of alkyl halides is 3. The summed E-state index contributed by atoms with van der Waals surface area (Å²) in [6, 6.07) is 4.85. The van der Waals surface area contributed by atoms with Crippen LogP contribution in [0.25, 0.3) is 0 Å². The van der Waals surface area contributed by atoms with Gasteiger partial charge in [0.1, 0.15) is 0 Å². The molecule has 0 heterocycles. The lowest BCUT2D eigenvalue weighted by molar-refractivity contribution is -0.137. The smallest absolute Gasteiger partial charge is 0.389 e. The molecule has 0 bridgehead atoms. The fraction of sp³-hybridized carbons (Fsp3) is 0.417. The molecule has 1 rings (SSSR count). The van der Waals surface area contributed by atoms with Crippen LogP contribution in [0.5, 0.6) is 0 Å². The van der Waals surface area contributed by atoms with Crippen LogP contribution in [0.1, 0.15) is 25.0 Å². The maximum absolute atomic E-state index is 12.7. The van der Waals surface area contributed by atoms with E-state index in [1.165, 1.54) is 13.8 Å². The number of anilines is 1. The van der Waals surface area contributed by atoms with E-state index in [2.05, 4.69) is 5.32 Å². The molecule has 0 unspecified atom stereocenters. The quantitative estimate of drug-likeness (QED) is 0.876. The van der Waals surface area contributed by atoms with E-state index in [4.69, 9.17) is 5.26 Å². The molecule has 0 amide bonds. The molecule has 2 N–H and O–H groups in total. The van der Waals surface area contributed by atoms with Crippen molar-refractivity contribution in [1.82, 2.24) is 0 Å². The van der Waals surface area contributed by atoms with E-state index >= 15 is 0 Å². The summed E-state index contributed by atoms with van der Waals surface area (Å²) < 4.78 is 38.2. The highest BCUT2D eigenvalue weighted by molar-refractivity contribution is 5.57. The number of nitrogens with zero attached hydrogens (tertiary/aromatic N) is 1. The van der Waals surface area contributed by atoms with Crippen molar-refractivity contribution in [3.05, 3.63) is 29.3 Å². The van der Waals surface area contributed by atoms with Crippen LogP contribution < -0.4 is 5.32 Å². The predicted molar refractivity (Wildman–Crippen MR) is 60.9 cm³/mol. The van der Waals surface area contributed by atoms with Gasteiger partial charge in [-0.3, -0.25) is 0 Å². The number of halogens is 3. The summed E-state index contributed by atoms with van der Waals surface area (Å²) in [6.45, 7) is 2.90. The zero-order valence-corrected chi connectivity index (χ0v) is 9.97. The van der Waals surface area contributed by atoms with Crippen LogP contribution in [0.4, 0.5) is 18.9 Å². The second-order valence-electron chi connectivity index (χ2n) is 4.54. The third kappa shape index (κ3) is 3.93. The molecule has 0 saturated heterocycles. The number of rotatable bonds is 3. The van der Waals surface area contributed by atoms with Crippen molar-refractivity contribution in [3.8, 4) is 6.07 Å². The van der Waals surface area contributed by atoms with Gasteiger partial charge in [-0.25, -0.2) is 0 Å². The molecule has 0 radical (unpaired) electrons.